The molecule has 1 unspecified atom stereocenters. The fraction of sp³-hybridized carbons (Fsp3) is 0.312. The molecule has 1 aromatic carbocycles. The van der Waals surface area contributed by atoms with E-state index in [4.69, 9.17) is 14.9 Å². The van der Waals surface area contributed by atoms with E-state index < -0.39 is 5.91 Å². The Hall–Kier alpha value is -2.67. The second-order valence-corrected chi connectivity index (χ2v) is 4.92. The first-order valence-corrected chi connectivity index (χ1v) is 7.21. The van der Waals surface area contributed by atoms with Gasteiger partial charge in [0.2, 0.25) is 5.89 Å². The van der Waals surface area contributed by atoms with Crippen molar-refractivity contribution in [2.75, 3.05) is 13.7 Å². The molecule has 0 spiro atoms. The monoisotopic (exact) mass is 317 g/mol. The van der Waals surface area contributed by atoms with Crippen molar-refractivity contribution in [1.29, 1.82) is 0 Å². The molecule has 23 heavy (non-hydrogen) atoms. The number of ketones is 1. The predicted molar refractivity (Wildman–Crippen MR) is 83.4 cm³/mol. The summed E-state index contributed by atoms with van der Waals surface area (Å²) in [5.41, 5.74) is 6.37. The molecule has 122 valence electrons. The molecular formula is C16H19N3O4. The Morgan fingerprint density at radius 1 is 1.35 bits per heavy atom. The van der Waals surface area contributed by atoms with Crippen LogP contribution in [0.25, 0.3) is 0 Å². The standard InChI is InChI=1S/C16H19N3O4/c1-3-12(17)16-19-13(9-23-16)15(21)18-8-14(20)10-4-6-11(22-2)7-5-10/h4-7,9,12H,3,8,17H2,1-2H3,(H,18,21). The number of hydrogen-bond donors (Lipinski definition) is 2. The lowest BCUT2D eigenvalue weighted by Crippen LogP contribution is -2.29. The van der Waals surface area contributed by atoms with Crippen molar-refractivity contribution in [3.63, 3.8) is 0 Å². The predicted octanol–water partition coefficient (Wildman–Crippen LogP) is 1.71. The van der Waals surface area contributed by atoms with Crippen molar-refractivity contribution in [2.45, 2.75) is 19.4 Å². The minimum atomic E-state index is -0.481. The molecule has 0 radical (unpaired) electrons. The summed E-state index contributed by atoms with van der Waals surface area (Å²) in [4.78, 5) is 28.0. The van der Waals surface area contributed by atoms with E-state index in [2.05, 4.69) is 10.3 Å². The van der Waals surface area contributed by atoms with Gasteiger partial charge in [0.25, 0.3) is 5.91 Å². The van der Waals surface area contributed by atoms with Gasteiger partial charge in [0, 0.05) is 5.56 Å². The SMILES string of the molecule is CCC(N)c1nc(C(=O)NCC(=O)c2ccc(OC)cc2)co1. The van der Waals surface area contributed by atoms with Crippen LogP contribution >= 0.6 is 0 Å². The maximum absolute atomic E-state index is 12.0. The molecule has 3 N–H and O–H groups in total. The highest BCUT2D eigenvalue weighted by Crippen LogP contribution is 2.13. The van der Waals surface area contributed by atoms with Crippen LogP contribution in [0.3, 0.4) is 0 Å². The average Bonchev–Trinajstić information content (AvgIpc) is 3.09. The third-order valence-corrected chi connectivity index (χ3v) is 3.33. The van der Waals surface area contributed by atoms with Gasteiger partial charge < -0.3 is 20.2 Å². The lowest BCUT2D eigenvalue weighted by molar-refractivity contribution is 0.0900. The van der Waals surface area contributed by atoms with E-state index in [0.29, 0.717) is 23.6 Å². The van der Waals surface area contributed by atoms with Gasteiger partial charge in [-0.3, -0.25) is 9.59 Å². The van der Waals surface area contributed by atoms with Gasteiger partial charge in [-0.05, 0) is 30.7 Å². The third kappa shape index (κ3) is 4.17. The van der Waals surface area contributed by atoms with Crippen molar-refractivity contribution in [2.24, 2.45) is 5.73 Å². The number of methoxy groups -OCH3 is 1. The number of amides is 1. The van der Waals surface area contributed by atoms with Crippen LogP contribution in [0.2, 0.25) is 0 Å². The lowest BCUT2D eigenvalue weighted by atomic mass is 10.1. The zero-order valence-corrected chi connectivity index (χ0v) is 13.0. The number of nitrogens with two attached hydrogens (primary N) is 1. The summed E-state index contributed by atoms with van der Waals surface area (Å²) in [6, 6.07) is 6.30. The van der Waals surface area contributed by atoms with Crippen LogP contribution in [0, 0.1) is 0 Å². The van der Waals surface area contributed by atoms with Gasteiger partial charge in [-0.25, -0.2) is 4.98 Å². The Bertz CT molecular complexity index is 679. The number of nitrogens with zero attached hydrogens (tertiary/aromatic N) is 1. The first-order valence-electron chi connectivity index (χ1n) is 7.21. The first kappa shape index (κ1) is 16.7. The maximum Gasteiger partial charge on any atom is 0.273 e. The number of ether oxygens (including phenoxy) is 1. The van der Waals surface area contributed by atoms with E-state index in [-0.39, 0.29) is 24.1 Å². The smallest absolute Gasteiger partial charge is 0.273 e. The van der Waals surface area contributed by atoms with Crippen molar-refractivity contribution in [3.8, 4) is 5.75 Å². The van der Waals surface area contributed by atoms with Gasteiger partial charge in [-0.15, -0.1) is 0 Å². The topological polar surface area (TPSA) is 107 Å². The van der Waals surface area contributed by atoms with Crippen molar-refractivity contribution >= 4 is 11.7 Å². The largest absolute Gasteiger partial charge is 0.497 e. The molecule has 7 nitrogen and oxygen atoms in total. The van der Waals surface area contributed by atoms with Gasteiger partial charge in [-0.2, -0.15) is 0 Å². The lowest BCUT2D eigenvalue weighted by Gasteiger charge is -2.04. The van der Waals surface area contributed by atoms with Gasteiger partial charge in [0.1, 0.15) is 12.0 Å². The number of hydrogen-bond acceptors (Lipinski definition) is 6. The number of benzene rings is 1. The molecule has 2 rings (SSSR count). The highest BCUT2D eigenvalue weighted by Gasteiger charge is 2.16. The van der Waals surface area contributed by atoms with E-state index >= 15 is 0 Å². The van der Waals surface area contributed by atoms with E-state index in [1.807, 2.05) is 6.92 Å². The molecule has 0 bridgehead atoms. The summed E-state index contributed by atoms with van der Waals surface area (Å²) in [5, 5.41) is 2.51. The molecule has 1 atom stereocenters. The zero-order chi connectivity index (χ0) is 16.8. The summed E-state index contributed by atoms with van der Waals surface area (Å²) < 4.78 is 10.2. The minimum Gasteiger partial charge on any atom is -0.497 e. The Kier molecular flexibility index (Phi) is 5.48. The number of carbonyl (C=O) groups excluding carboxylic acids is 2. The molecule has 1 aromatic heterocycles. The molecule has 1 heterocycles. The van der Waals surface area contributed by atoms with Gasteiger partial charge in [0.05, 0.1) is 19.7 Å². The highest BCUT2D eigenvalue weighted by molar-refractivity contribution is 6.01. The zero-order valence-electron chi connectivity index (χ0n) is 13.0. The molecule has 2 aromatic rings. The number of Topliss-reactive ketones (excluding diaryl/α,β-unsaturated/α-hetero) is 1. The Morgan fingerprint density at radius 3 is 2.65 bits per heavy atom. The Morgan fingerprint density at radius 2 is 2.04 bits per heavy atom. The number of rotatable bonds is 7. The van der Waals surface area contributed by atoms with Crippen LogP contribution in [0.5, 0.6) is 5.75 Å². The van der Waals surface area contributed by atoms with Gasteiger partial charge in [-0.1, -0.05) is 6.92 Å². The van der Waals surface area contributed by atoms with E-state index in [0.717, 1.165) is 0 Å². The number of oxazole rings is 1. The second kappa shape index (κ2) is 7.55. The molecule has 0 fully saturated rings. The second-order valence-electron chi connectivity index (χ2n) is 4.92. The molecule has 0 aliphatic rings. The quantitative estimate of drug-likeness (QED) is 0.753. The number of carbonyl (C=O) groups is 2. The number of aromatic nitrogens is 1. The first-order chi connectivity index (χ1) is 11.0. The highest BCUT2D eigenvalue weighted by atomic mass is 16.5. The van der Waals surface area contributed by atoms with Gasteiger partial charge >= 0.3 is 0 Å². The van der Waals surface area contributed by atoms with E-state index in [1.54, 1.807) is 31.4 Å². The Balaban J connectivity index is 1.92. The average molecular weight is 317 g/mol. The van der Waals surface area contributed by atoms with Crippen molar-refractivity contribution in [1.82, 2.24) is 10.3 Å². The molecule has 0 saturated heterocycles. The van der Waals surface area contributed by atoms with Crippen LogP contribution < -0.4 is 15.8 Å². The summed E-state index contributed by atoms with van der Waals surface area (Å²) >= 11 is 0. The van der Waals surface area contributed by atoms with E-state index in [9.17, 15) is 9.59 Å². The normalized spacial score (nSPS) is 11.8. The van der Waals surface area contributed by atoms with Crippen LogP contribution in [0.4, 0.5) is 0 Å². The van der Waals surface area contributed by atoms with Crippen molar-refractivity contribution < 1.29 is 18.7 Å². The maximum atomic E-state index is 12.0. The molecule has 0 aliphatic heterocycles. The van der Waals surface area contributed by atoms with E-state index in [1.165, 1.54) is 6.26 Å². The number of nitrogens with one attached hydrogen (secondary N) is 1. The fourth-order valence-electron chi connectivity index (χ4n) is 1.87. The summed E-state index contributed by atoms with van der Waals surface area (Å²) in [6.07, 6.45) is 1.88. The van der Waals surface area contributed by atoms with Crippen LogP contribution in [-0.4, -0.2) is 30.3 Å². The van der Waals surface area contributed by atoms with Crippen LogP contribution in [0.1, 0.15) is 46.1 Å². The summed E-state index contributed by atoms with van der Waals surface area (Å²) in [7, 11) is 1.55. The fourth-order valence-corrected chi connectivity index (χ4v) is 1.87. The minimum absolute atomic E-state index is 0.103. The Labute approximate surface area is 133 Å². The molecular weight excluding hydrogens is 298 g/mol. The molecule has 0 saturated carbocycles. The molecule has 0 aliphatic carbocycles. The van der Waals surface area contributed by atoms with Crippen LogP contribution in [-0.2, 0) is 0 Å². The third-order valence-electron chi connectivity index (χ3n) is 3.33. The van der Waals surface area contributed by atoms with Crippen LogP contribution in [0.15, 0.2) is 34.9 Å². The molecule has 7 heteroatoms. The molecule has 1 amide bonds. The van der Waals surface area contributed by atoms with Gasteiger partial charge in [0.15, 0.2) is 11.5 Å². The summed E-state index contributed by atoms with van der Waals surface area (Å²) in [5.74, 6) is 0.271. The van der Waals surface area contributed by atoms with Crippen molar-refractivity contribution in [3.05, 3.63) is 47.7 Å². The summed E-state index contributed by atoms with van der Waals surface area (Å²) in [6.45, 7) is 1.76.